The van der Waals surface area contributed by atoms with Gasteiger partial charge in [0.1, 0.15) is 5.75 Å². The van der Waals surface area contributed by atoms with E-state index >= 15 is 0 Å². The molecular formula is C24H35NO2. The first-order valence-electron chi connectivity index (χ1n) is 9.91. The second-order valence-corrected chi connectivity index (χ2v) is 9.36. The third-order valence-electron chi connectivity index (χ3n) is 5.17. The van der Waals surface area contributed by atoms with Gasteiger partial charge in [0.2, 0.25) is 0 Å². The topological polar surface area (TPSA) is 36.2 Å². The van der Waals surface area contributed by atoms with Crippen molar-refractivity contribution in [3.63, 3.8) is 0 Å². The molecule has 148 valence electrons. The van der Waals surface area contributed by atoms with E-state index in [1.807, 2.05) is 0 Å². The molecule has 0 saturated heterocycles. The monoisotopic (exact) mass is 369 g/mol. The van der Waals surface area contributed by atoms with Crippen LogP contribution in [0.3, 0.4) is 0 Å². The number of rotatable bonds is 4. The van der Waals surface area contributed by atoms with Gasteiger partial charge in [0.05, 0.1) is 7.11 Å². The number of ether oxygens (including phenoxy) is 1. The number of hydrogen-bond donors (Lipinski definition) is 0. The molecule has 27 heavy (non-hydrogen) atoms. The van der Waals surface area contributed by atoms with Crippen LogP contribution < -0.4 is 9.47 Å². The molecule has 0 radical (unpaired) electrons. The van der Waals surface area contributed by atoms with E-state index in [-0.39, 0.29) is 10.8 Å². The Bertz CT molecular complexity index is 763. The van der Waals surface area contributed by atoms with Crippen LogP contribution in [0.25, 0.3) is 11.1 Å². The Morgan fingerprint density at radius 3 is 1.56 bits per heavy atom. The highest BCUT2D eigenvalue weighted by molar-refractivity contribution is 5.74. The van der Waals surface area contributed by atoms with Crippen molar-refractivity contribution in [1.29, 1.82) is 0 Å². The van der Waals surface area contributed by atoms with Crippen LogP contribution in [-0.2, 0) is 23.7 Å². The van der Waals surface area contributed by atoms with E-state index in [2.05, 4.69) is 67.5 Å². The van der Waals surface area contributed by atoms with E-state index in [0.29, 0.717) is 0 Å². The van der Waals surface area contributed by atoms with Crippen LogP contribution in [0.15, 0.2) is 24.5 Å². The Kier molecular flexibility index (Phi) is 5.94. The summed E-state index contributed by atoms with van der Waals surface area (Å²) in [7, 11) is 1.76. The highest BCUT2D eigenvalue weighted by atomic mass is 16.5. The van der Waals surface area contributed by atoms with Crippen LogP contribution in [0, 0.1) is 5.21 Å². The summed E-state index contributed by atoms with van der Waals surface area (Å²) in [6, 6.07) is 4.52. The van der Waals surface area contributed by atoms with Gasteiger partial charge in [-0.3, -0.25) is 0 Å². The average molecular weight is 370 g/mol. The Hall–Kier alpha value is -2.03. The SMILES string of the molecule is CCc1c[n+]([O-])cc(CC)c1-c1cc(C(C)(C)C)c(OC)c(C(C)(C)C)c1. The Morgan fingerprint density at radius 1 is 0.852 bits per heavy atom. The van der Waals surface area contributed by atoms with Crippen LogP contribution in [0.1, 0.15) is 77.6 Å². The lowest BCUT2D eigenvalue weighted by atomic mass is 9.77. The van der Waals surface area contributed by atoms with E-state index in [1.54, 1.807) is 19.5 Å². The maximum Gasteiger partial charge on any atom is 0.184 e. The molecule has 0 bridgehead atoms. The molecule has 0 spiro atoms. The van der Waals surface area contributed by atoms with Crippen LogP contribution in [0.4, 0.5) is 0 Å². The first-order valence-corrected chi connectivity index (χ1v) is 9.91. The van der Waals surface area contributed by atoms with Crippen LogP contribution in [0.5, 0.6) is 5.75 Å². The van der Waals surface area contributed by atoms with Gasteiger partial charge in [-0.25, -0.2) is 0 Å². The van der Waals surface area contributed by atoms with Crippen molar-refractivity contribution in [2.45, 2.75) is 79.1 Å². The Morgan fingerprint density at radius 2 is 1.26 bits per heavy atom. The van der Waals surface area contributed by atoms with E-state index in [0.717, 1.165) is 34.4 Å². The summed E-state index contributed by atoms with van der Waals surface area (Å²) < 4.78 is 6.84. The summed E-state index contributed by atoms with van der Waals surface area (Å²) in [5.41, 5.74) is 6.88. The van der Waals surface area contributed by atoms with Gasteiger partial charge in [0, 0.05) is 27.8 Å². The number of benzene rings is 1. The largest absolute Gasteiger partial charge is 0.619 e. The van der Waals surface area contributed by atoms with Gasteiger partial charge in [0.25, 0.3) is 0 Å². The zero-order chi connectivity index (χ0) is 20.6. The first-order chi connectivity index (χ1) is 12.4. The molecule has 2 rings (SSSR count). The Labute approximate surface area is 165 Å². The highest BCUT2D eigenvalue weighted by Crippen LogP contribution is 2.43. The lowest BCUT2D eigenvalue weighted by molar-refractivity contribution is -0.606. The molecule has 0 saturated carbocycles. The molecule has 2 aromatic rings. The van der Waals surface area contributed by atoms with Gasteiger partial charge in [0.15, 0.2) is 12.4 Å². The van der Waals surface area contributed by atoms with Crippen molar-refractivity contribution in [2.75, 3.05) is 7.11 Å². The van der Waals surface area contributed by atoms with E-state index in [1.165, 1.54) is 22.3 Å². The summed E-state index contributed by atoms with van der Waals surface area (Å²) in [5.74, 6) is 0.977. The van der Waals surface area contributed by atoms with E-state index < -0.39 is 0 Å². The minimum absolute atomic E-state index is 0.0483. The van der Waals surface area contributed by atoms with Crippen LogP contribution >= 0.6 is 0 Å². The van der Waals surface area contributed by atoms with Crippen molar-refractivity contribution in [3.8, 4) is 16.9 Å². The molecule has 0 atom stereocenters. The van der Waals surface area contributed by atoms with Crippen molar-refractivity contribution < 1.29 is 9.47 Å². The van der Waals surface area contributed by atoms with Crippen molar-refractivity contribution in [2.24, 2.45) is 0 Å². The molecule has 0 unspecified atom stereocenters. The fourth-order valence-electron chi connectivity index (χ4n) is 3.69. The molecule has 1 heterocycles. The van der Waals surface area contributed by atoms with Gasteiger partial charge in [-0.05, 0) is 41.4 Å². The van der Waals surface area contributed by atoms with Crippen molar-refractivity contribution in [1.82, 2.24) is 0 Å². The van der Waals surface area contributed by atoms with Gasteiger partial charge >= 0.3 is 0 Å². The highest BCUT2D eigenvalue weighted by Gasteiger charge is 2.28. The van der Waals surface area contributed by atoms with Crippen molar-refractivity contribution >= 4 is 0 Å². The third-order valence-corrected chi connectivity index (χ3v) is 5.17. The molecule has 0 aliphatic rings. The normalized spacial score (nSPS) is 12.3. The lowest BCUT2D eigenvalue weighted by Crippen LogP contribution is -2.27. The third kappa shape index (κ3) is 4.28. The lowest BCUT2D eigenvalue weighted by Gasteiger charge is -2.30. The zero-order valence-corrected chi connectivity index (χ0v) is 18.5. The van der Waals surface area contributed by atoms with Gasteiger partial charge < -0.3 is 9.94 Å². The maximum atomic E-state index is 12.1. The van der Waals surface area contributed by atoms with Gasteiger partial charge in [-0.1, -0.05) is 55.4 Å². The minimum atomic E-state index is -0.0483. The Balaban J connectivity index is 2.95. The smallest absolute Gasteiger partial charge is 0.184 e. The summed E-state index contributed by atoms with van der Waals surface area (Å²) in [6.45, 7) is 17.5. The fraction of sp³-hybridized carbons (Fsp3) is 0.542. The minimum Gasteiger partial charge on any atom is -0.619 e. The summed E-state index contributed by atoms with van der Waals surface area (Å²) >= 11 is 0. The summed E-state index contributed by atoms with van der Waals surface area (Å²) in [6.07, 6.45) is 5.08. The molecule has 0 fully saturated rings. The average Bonchev–Trinajstić information content (AvgIpc) is 2.58. The standard InChI is InChI=1S/C24H35NO2/c1-10-16-14-25(26)15-17(11-2)21(16)18-12-19(23(3,4)5)22(27-9)20(13-18)24(6,7)8/h12-15H,10-11H2,1-9H3. The molecule has 0 amide bonds. The molecule has 0 aliphatic heterocycles. The molecule has 1 aromatic heterocycles. The summed E-state index contributed by atoms with van der Waals surface area (Å²) in [5, 5.41) is 12.1. The maximum absolute atomic E-state index is 12.1. The number of aryl methyl sites for hydroxylation is 2. The summed E-state index contributed by atoms with van der Waals surface area (Å²) in [4.78, 5) is 0. The number of methoxy groups -OCH3 is 1. The molecule has 3 nitrogen and oxygen atoms in total. The molecule has 3 heteroatoms. The predicted molar refractivity (Wildman–Crippen MR) is 114 cm³/mol. The second-order valence-electron chi connectivity index (χ2n) is 9.36. The van der Waals surface area contributed by atoms with Crippen molar-refractivity contribution in [3.05, 3.63) is 52.0 Å². The fourth-order valence-corrected chi connectivity index (χ4v) is 3.69. The number of aromatic nitrogens is 1. The van der Waals surface area contributed by atoms with Crippen LogP contribution in [0.2, 0.25) is 0 Å². The molecular weight excluding hydrogens is 334 g/mol. The number of hydrogen-bond acceptors (Lipinski definition) is 2. The molecule has 1 aromatic carbocycles. The number of nitrogens with zero attached hydrogens (tertiary/aromatic N) is 1. The number of pyridine rings is 1. The quantitative estimate of drug-likeness (QED) is 0.511. The zero-order valence-electron chi connectivity index (χ0n) is 18.5. The van der Waals surface area contributed by atoms with Crippen LogP contribution in [-0.4, -0.2) is 7.11 Å². The van der Waals surface area contributed by atoms with E-state index in [9.17, 15) is 5.21 Å². The molecule has 0 aliphatic carbocycles. The first kappa shape index (κ1) is 21.3. The van der Waals surface area contributed by atoms with E-state index in [4.69, 9.17) is 4.74 Å². The van der Waals surface area contributed by atoms with Gasteiger partial charge in [-0.15, -0.1) is 0 Å². The second kappa shape index (κ2) is 7.53. The molecule has 0 N–H and O–H groups in total. The predicted octanol–water partition coefficient (Wildman–Crippen LogP) is 5.72. The van der Waals surface area contributed by atoms with Gasteiger partial charge in [-0.2, -0.15) is 4.73 Å².